The number of carbonyl (C=O) groups is 2. The van der Waals surface area contributed by atoms with E-state index in [0.717, 1.165) is 5.56 Å². The minimum Gasteiger partial charge on any atom is -0.449 e. The van der Waals surface area contributed by atoms with E-state index in [0.29, 0.717) is 29.0 Å². The first-order valence-electron chi connectivity index (χ1n) is 7.82. The number of benzene rings is 1. The predicted octanol–water partition coefficient (Wildman–Crippen LogP) is 3.86. The summed E-state index contributed by atoms with van der Waals surface area (Å²) in [4.78, 5) is 27.8. The quantitative estimate of drug-likeness (QED) is 0.763. The van der Waals surface area contributed by atoms with Gasteiger partial charge in [0.05, 0.1) is 18.7 Å². The Kier molecular flexibility index (Phi) is 7.21. The number of anilines is 1. The highest BCUT2D eigenvalue weighted by Gasteiger charge is 2.11. The normalized spacial score (nSPS) is 10.6. The molecule has 0 fully saturated rings. The summed E-state index contributed by atoms with van der Waals surface area (Å²) in [5.74, 6) is 0.0959. The zero-order valence-corrected chi connectivity index (χ0v) is 15.6. The summed E-state index contributed by atoms with van der Waals surface area (Å²) < 4.78 is 5.02. The third-order valence-corrected chi connectivity index (χ3v) is 4.26. The van der Waals surface area contributed by atoms with Crippen LogP contribution >= 0.6 is 22.9 Å². The Morgan fingerprint density at radius 2 is 2.08 bits per heavy atom. The lowest BCUT2D eigenvalue weighted by atomic mass is 10.2. The Morgan fingerprint density at radius 3 is 2.80 bits per heavy atom. The maximum absolute atomic E-state index is 12.0. The van der Waals surface area contributed by atoms with Crippen molar-refractivity contribution in [3.05, 3.63) is 45.9 Å². The van der Waals surface area contributed by atoms with Crippen LogP contribution in [0.2, 0.25) is 5.02 Å². The molecule has 0 aliphatic carbocycles. The number of halogens is 1. The van der Waals surface area contributed by atoms with Gasteiger partial charge < -0.3 is 10.1 Å². The summed E-state index contributed by atoms with van der Waals surface area (Å²) in [6.45, 7) is 4.61. The Labute approximate surface area is 155 Å². The van der Waals surface area contributed by atoms with E-state index >= 15 is 0 Å². The van der Waals surface area contributed by atoms with Crippen LogP contribution in [0.1, 0.15) is 25.1 Å². The van der Waals surface area contributed by atoms with Crippen LogP contribution in [0, 0.1) is 5.92 Å². The van der Waals surface area contributed by atoms with Gasteiger partial charge in [0.2, 0.25) is 5.91 Å². The Balaban J connectivity index is 1.79. The lowest BCUT2D eigenvalue weighted by Gasteiger charge is -2.07. The Bertz CT molecular complexity index is 733. The van der Waals surface area contributed by atoms with Crippen molar-refractivity contribution in [3.63, 3.8) is 0 Å². The highest BCUT2D eigenvalue weighted by atomic mass is 35.5. The molecule has 0 unspecified atom stereocenters. The van der Waals surface area contributed by atoms with Crippen LogP contribution in [0.5, 0.6) is 0 Å². The number of rotatable bonds is 7. The van der Waals surface area contributed by atoms with Crippen LogP contribution in [-0.2, 0) is 22.5 Å². The van der Waals surface area contributed by atoms with Gasteiger partial charge in [-0.25, -0.2) is 9.78 Å². The number of nitrogens with zero attached hydrogens (tertiary/aromatic N) is 1. The minimum absolute atomic E-state index is 0.129. The van der Waals surface area contributed by atoms with Crippen molar-refractivity contribution in [2.75, 3.05) is 11.9 Å². The molecule has 0 aliphatic heterocycles. The number of amides is 2. The van der Waals surface area contributed by atoms with Crippen molar-refractivity contribution in [2.45, 2.75) is 26.8 Å². The molecule has 8 heteroatoms. The molecule has 0 spiro atoms. The molecule has 0 saturated heterocycles. The van der Waals surface area contributed by atoms with E-state index in [2.05, 4.69) is 15.6 Å². The molecule has 0 bridgehead atoms. The lowest BCUT2D eigenvalue weighted by Crippen LogP contribution is -2.24. The third-order valence-electron chi connectivity index (χ3n) is 3.08. The number of thiazole rings is 1. The summed E-state index contributed by atoms with van der Waals surface area (Å²) in [6, 6.07) is 7.34. The second-order valence-corrected chi connectivity index (χ2v) is 7.07. The summed E-state index contributed by atoms with van der Waals surface area (Å²) in [7, 11) is 0. The molecule has 2 aromatic rings. The van der Waals surface area contributed by atoms with E-state index in [-0.39, 0.29) is 18.2 Å². The van der Waals surface area contributed by atoms with E-state index in [1.165, 1.54) is 11.3 Å². The molecular weight excluding hydrogens is 362 g/mol. The topological polar surface area (TPSA) is 80.3 Å². The van der Waals surface area contributed by atoms with Crippen LogP contribution < -0.4 is 10.6 Å². The van der Waals surface area contributed by atoms with Crippen molar-refractivity contribution in [1.82, 2.24) is 10.3 Å². The first-order valence-corrected chi connectivity index (χ1v) is 9.08. The molecule has 0 saturated carbocycles. The van der Waals surface area contributed by atoms with Crippen LogP contribution in [0.15, 0.2) is 29.6 Å². The van der Waals surface area contributed by atoms with Gasteiger partial charge in [-0.3, -0.25) is 10.1 Å². The molecule has 134 valence electrons. The van der Waals surface area contributed by atoms with Gasteiger partial charge in [0.25, 0.3) is 0 Å². The lowest BCUT2D eigenvalue weighted by molar-refractivity contribution is -0.120. The first-order chi connectivity index (χ1) is 11.9. The largest absolute Gasteiger partial charge is 0.449 e. The molecular formula is C17H20ClN3O3S. The van der Waals surface area contributed by atoms with E-state index in [4.69, 9.17) is 16.3 Å². The summed E-state index contributed by atoms with van der Waals surface area (Å²) >= 11 is 7.30. The molecule has 1 aromatic carbocycles. The number of aromatic nitrogens is 1. The van der Waals surface area contributed by atoms with Crippen LogP contribution in [0.4, 0.5) is 9.93 Å². The van der Waals surface area contributed by atoms with Gasteiger partial charge in [-0.2, -0.15) is 0 Å². The average Bonchev–Trinajstić information content (AvgIpc) is 2.99. The molecule has 2 N–H and O–H groups in total. The van der Waals surface area contributed by atoms with E-state index in [1.807, 2.05) is 32.0 Å². The van der Waals surface area contributed by atoms with Crippen molar-refractivity contribution in [1.29, 1.82) is 0 Å². The smallest absolute Gasteiger partial charge is 0.413 e. The van der Waals surface area contributed by atoms with Crippen LogP contribution in [0.3, 0.4) is 0 Å². The van der Waals surface area contributed by atoms with Crippen molar-refractivity contribution in [3.8, 4) is 0 Å². The molecule has 6 nitrogen and oxygen atoms in total. The molecule has 0 aliphatic rings. The summed E-state index contributed by atoms with van der Waals surface area (Å²) in [5.41, 5.74) is 1.44. The highest BCUT2D eigenvalue weighted by Crippen LogP contribution is 2.17. The number of ether oxygens (including phenoxy) is 1. The second-order valence-electron chi connectivity index (χ2n) is 5.81. The predicted molar refractivity (Wildman–Crippen MR) is 98.9 cm³/mol. The third kappa shape index (κ3) is 6.72. The Hall–Kier alpha value is -2.12. The minimum atomic E-state index is -0.544. The average molecular weight is 382 g/mol. The fraction of sp³-hybridized carbons (Fsp3) is 0.353. The van der Waals surface area contributed by atoms with E-state index in [1.54, 1.807) is 11.4 Å². The Morgan fingerprint density at radius 1 is 1.32 bits per heavy atom. The molecule has 0 atom stereocenters. The molecule has 0 radical (unpaired) electrons. The monoisotopic (exact) mass is 381 g/mol. The summed E-state index contributed by atoms with van der Waals surface area (Å²) in [6.07, 6.45) is -0.415. The summed E-state index contributed by atoms with van der Waals surface area (Å²) in [5, 5.41) is 8.10. The zero-order valence-electron chi connectivity index (χ0n) is 14.0. The standard InChI is InChI=1S/C17H20ClN3O3S/c1-11(2)9-24-17(23)21-16-20-13(10-25-16)7-15(22)19-8-12-5-3-4-6-14(12)18/h3-6,10-11H,7-9H2,1-2H3,(H,19,22)(H,20,21,23). The molecule has 25 heavy (non-hydrogen) atoms. The van der Waals surface area contributed by atoms with E-state index < -0.39 is 6.09 Å². The van der Waals surface area contributed by atoms with Crippen molar-refractivity contribution < 1.29 is 14.3 Å². The van der Waals surface area contributed by atoms with Crippen LogP contribution in [0.25, 0.3) is 0 Å². The van der Waals surface area contributed by atoms with Crippen molar-refractivity contribution >= 4 is 40.1 Å². The maximum atomic E-state index is 12.0. The number of hydrogen-bond acceptors (Lipinski definition) is 5. The van der Waals surface area contributed by atoms with Gasteiger partial charge in [-0.05, 0) is 17.5 Å². The van der Waals surface area contributed by atoms with Gasteiger partial charge >= 0.3 is 6.09 Å². The van der Waals surface area contributed by atoms with E-state index in [9.17, 15) is 9.59 Å². The van der Waals surface area contributed by atoms with Gasteiger partial charge in [-0.1, -0.05) is 43.6 Å². The number of hydrogen-bond donors (Lipinski definition) is 2. The number of nitrogens with one attached hydrogen (secondary N) is 2. The highest BCUT2D eigenvalue weighted by molar-refractivity contribution is 7.13. The van der Waals surface area contributed by atoms with Gasteiger partial charge in [0, 0.05) is 16.9 Å². The fourth-order valence-electron chi connectivity index (χ4n) is 1.87. The maximum Gasteiger partial charge on any atom is 0.413 e. The van der Waals surface area contributed by atoms with Gasteiger partial charge in [0.1, 0.15) is 0 Å². The molecule has 1 heterocycles. The molecule has 2 amide bonds. The SMILES string of the molecule is CC(C)COC(=O)Nc1nc(CC(=O)NCc2ccccc2Cl)cs1. The molecule has 1 aromatic heterocycles. The zero-order chi connectivity index (χ0) is 18.2. The van der Waals surface area contributed by atoms with Gasteiger partial charge in [-0.15, -0.1) is 11.3 Å². The van der Waals surface area contributed by atoms with Gasteiger partial charge in [0.15, 0.2) is 5.13 Å². The van der Waals surface area contributed by atoms with Crippen molar-refractivity contribution in [2.24, 2.45) is 5.92 Å². The second kappa shape index (κ2) is 9.39. The van der Waals surface area contributed by atoms with Crippen LogP contribution in [-0.4, -0.2) is 23.6 Å². The first kappa shape index (κ1) is 19.2. The molecule has 2 rings (SSSR count). The fourth-order valence-corrected chi connectivity index (χ4v) is 2.77. The number of carbonyl (C=O) groups excluding carboxylic acids is 2.